The van der Waals surface area contributed by atoms with E-state index in [0.29, 0.717) is 5.69 Å². The fourth-order valence-corrected chi connectivity index (χ4v) is 1.62. The van der Waals surface area contributed by atoms with Gasteiger partial charge in [-0.15, -0.1) is 0 Å². The first-order valence-corrected chi connectivity index (χ1v) is 6.29. The van der Waals surface area contributed by atoms with Crippen molar-refractivity contribution in [2.75, 3.05) is 12.3 Å². The van der Waals surface area contributed by atoms with Gasteiger partial charge in [0.1, 0.15) is 11.4 Å². The van der Waals surface area contributed by atoms with Crippen LogP contribution in [0.15, 0.2) is 24.4 Å². The van der Waals surface area contributed by atoms with E-state index in [1.54, 1.807) is 26.0 Å². The van der Waals surface area contributed by atoms with Gasteiger partial charge in [-0.05, 0) is 26.0 Å². The van der Waals surface area contributed by atoms with E-state index in [1.165, 1.54) is 12.3 Å². The normalized spacial score (nSPS) is 10.2. The van der Waals surface area contributed by atoms with E-state index in [4.69, 9.17) is 15.2 Å². The molecule has 0 amide bonds. The minimum atomic E-state index is -0.488. The quantitative estimate of drug-likeness (QED) is 0.503. The third-order valence-corrected chi connectivity index (χ3v) is 2.70. The van der Waals surface area contributed by atoms with Gasteiger partial charge in [-0.25, -0.2) is 9.78 Å². The van der Waals surface area contributed by atoms with Crippen molar-refractivity contribution in [3.05, 3.63) is 35.7 Å². The number of rotatable bonds is 4. The molecule has 21 heavy (non-hydrogen) atoms. The molecule has 3 N–H and O–H groups in total. The van der Waals surface area contributed by atoms with Gasteiger partial charge in [0.2, 0.25) is 0 Å². The number of carbonyl (C=O) groups is 1. The summed E-state index contributed by atoms with van der Waals surface area (Å²) in [5.41, 5.74) is 6.47. The number of ether oxygens (including phenoxy) is 2. The van der Waals surface area contributed by atoms with Crippen LogP contribution >= 0.6 is 0 Å². The number of esters is 1. The van der Waals surface area contributed by atoms with Gasteiger partial charge in [-0.1, -0.05) is 6.07 Å². The molecule has 0 aliphatic rings. The van der Waals surface area contributed by atoms with Gasteiger partial charge in [-0.2, -0.15) is 4.98 Å². The number of benzene rings is 1. The third-order valence-electron chi connectivity index (χ3n) is 2.70. The number of aryl methyl sites for hydroxylation is 1. The molecule has 2 aromatic rings. The van der Waals surface area contributed by atoms with Gasteiger partial charge in [0, 0.05) is 6.20 Å². The fraction of sp³-hybridized carbons (Fsp3) is 0.214. The number of hydrogen-bond donors (Lipinski definition) is 2. The van der Waals surface area contributed by atoms with Gasteiger partial charge in [0.15, 0.2) is 5.75 Å². The zero-order valence-electron chi connectivity index (χ0n) is 11.7. The molecule has 0 fully saturated rings. The third kappa shape index (κ3) is 3.19. The van der Waals surface area contributed by atoms with Crippen LogP contribution < -0.4 is 10.5 Å². The van der Waals surface area contributed by atoms with Crippen LogP contribution in [0.1, 0.15) is 23.0 Å². The Bertz CT molecular complexity index is 673. The van der Waals surface area contributed by atoms with Crippen LogP contribution in [0, 0.1) is 6.92 Å². The number of para-hydroxylation sites is 1. The molecule has 0 saturated heterocycles. The second-order valence-corrected chi connectivity index (χ2v) is 4.16. The predicted octanol–water partition coefficient (Wildman–Crippen LogP) is 2.04. The molecule has 0 bridgehead atoms. The summed E-state index contributed by atoms with van der Waals surface area (Å²) in [6.45, 7) is 3.64. The highest BCUT2D eigenvalue weighted by Crippen LogP contribution is 2.32. The Hall–Kier alpha value is -2.83. The number of aromatic nitrogens is 2. The Morgan fingerprint density at radius 3 is 2.86 bits per heavy atom. The summed E-state index contributed by atoms with van der Waals surface area (Å²) >= 11 is 0. The van der Waals surface area contributed by atoms with Crippen LogP contribution in [0.25, 0.3) is 0 Å². The number of phenols is 1. The van der Waals surface area contributed by atoms with E-state index in [9.17, 15) is 9.90 Å². The SMILES string of the molecule is CCOC(=O)c1cnc(Oc2cccc(O)c2N)nc1C. The zero-order valence-corrected chi connectivity index (χ0v) is 11.7. The number of anilines is 1. The molecule has 0 unspecified atom stereocenters. The highest BCUT2D eigenvalue weighted by Gasteiger charge is 2.14. The van der Waals surface area contributed by atoms with Crippen molar-refractivity contribution < 1.29 is 19.4 Å². The molecule has 0 aliphatic heterocycles. The van der Waals surface area contributed by atoms with Crippen LogP contribution in [0.3, 0.4) is 0 Å². The van der Waals surface area contributed by atoms with Gasteiger partial charge in [-0.3, -0.25) is 0 Å². The first kappa shape index (κ1) is 14.6. The van der Waals surface area contributed by atoms with Crippen molar-refractivity contribution in [2.45, 2.75) is 13.8 Å². The Morgan fingerprint density at radius 1 is 1.43 bits per heavy atom. The minimum absolute atomic E-state index is 0.0258. The van der Waals surface area contributed by atoms with Crippen LogP contribution in [0.2, 0.25) is 0 Å². The maximum Gasteiger partial charge on any atom is 0.341 e. The van der Waals surface area contributed by atoms with Crippen LogP contribution in [0.4, 0.5) is 5.69 Å². The Kier molecular flexibility index (Phi) is 4.22. The summed E-state index contributed by atoms with van der Waals surface area (Å²) in [5, 5.41) is 9.50. The standard InChI is InChI=1S/C14H15N3O4/c1-3-20-13(19)9-7-16-14(17-8(9)2)21-11-6-4-5-10(18)12(11)15/h4-7,18H,3,15H2,1-2H3. The van der Waals surface area contributed by atoms with E-state index < -0.39 is 5.97 Å². The number of nitrogen functional groups attached to an aromatic ring is 1. The van der Waals surface area contributed by atoms with Crippen molar-refractivity contribution >= 4 is 11.7 Å². The molecule has 7 nitrogen and oxygen atoms in total. The molecule has 0 spiro atoms. The monoisotopic (exact) mass is 289 g/mol. The first-order valence-electron chi connectivity index (χ1n) is 6.29. The second kappa shape index (κ2) is 6.08. The Balaban J connectivity index is 2.24. The van der Waals surface area contributed by atoms with Crippen molar-refractivity contribution in [1.82, 2.24) is 9.97 Å². The molecule has 0 atom stereocenters. The Labute approximate surface area is 121 Å². The lowest BCUT2D eigenvalue weighted by Gasteiger charge is -2.09. The molecule has 1 aromatic carbocycles. The van der Waals surface area contributed by atoms with Crippen molar-refractivity contribution in [3.63, 3.8) is 0 Å². The molecular weight excluding hydrogens is 274 g/mol. The van der Waals surface area contributed by atoms with E-state index in [1.807, 2.05) is 0 Å². The molecule has 0 radical (unpaired) electrons. The lowest BCUT2D eigenvalue weighted by Crippen LogP contribution is -2.09. The number of nitrogens with two attached hydrogens (primary N) is 1. The van der Waals surface area contributed by atoms with E-state index in [-0.39, 0.29) is 35.4 Å². The smallest absolute Gasteiger partial charge is 0.341 e. The molecule has 0 aliphatic carbocycles. The van der Waals surface area contributed by atoms with Gasteiger partial charge in [0.05, 0.1) is 17.9 Å². The molecule has 1 aromatic heterocycles. The van der Waals surface area contributed by atoms with Crippen LogP contribution in [-0.2, 0) is 4.74 Å². The lowest BCUT2D eigenvalue weighted by molar-refractivity contribution is 0.0524. The van der Waals surface area contributed by atoms with Crippen LogP contribution in [-0.4, -0.2) is 27.7 Å². The summed E-state index contributed by atoms with van der Waals surface area (Å²) in [4.78, 5) is 19.6. The molecule has 0 saturated carbocycles. The predicted molar refractivity (Wildman–Crippen MR) is 75.3 cm³/mol. The minimum Gasteiger partial charge on any atom is -0.506 e. The van der Waals surface area contributed by atoms with Crippen molar-refractivity contribution in [1.29, 1.82) is 0 Å². The molecular formula is C14H15N3O4. The van der Waals surface area contributed by atoms with Gasteiger partial charge < -0.3 is 20.3 Å². The average Bonchev–Trinajstić information content (AvgIpc) is 2.44. The fourth-order valence-electron chi connectivity index (χ4n) is 1.62. The summed E-state index contributed by atoms with van der Waals surface area (Å²) in [6.07, 6.45) is 1.33. The van der Waals surface area contributed by atoms with Crippen molar-refractivity contribution in [2.24, 2.45) is 0 Å². The van der Waals surface area contributed by atoms with E-state index in [2.05, 4.69) is 9.97 Å². The first-order chi connectivity index (χ1) is 10.0. The molecule has 110 valence electrons. The lowest BCUT2D eigenvalue weighted by atomic mass is 10.2. The van der Waals surface area contributed by atoms with Crippen molar-refractivity contribution in [3.8, 4) is 17.5 Å². The number of nitrogens with zero attached hydrogens (tertiary/aromatic N) is 2. The Morgan fingerprint density at radius 2 is 2.19 bits per heavy atom. The summed E-state index contributed by atoms with van der Waals surface area (Å²) < 4.78 is 10.3. The van der Waals surface area contributed by atoms with E-state index >= 15 is 0 Å². The number of carbonyl (C=O) groups excluding carboxylic acids is 1. The summed E-state index contributed by atoms with van der Waals surface area (Å²) in [5.74, 6) is -0.343. The number of phenolic OH excluding ortho intramolecular Hbond substituents is 1. The number of hydrogen-bond acceptors (Lipinski definition) is 7. The number of aromatic hydroxyl groups is 1. The molecule has 2 rings (SSSR count). The summed E-state index contributed by atoms with van der Waals surface area (Å²) in [6, 6.07) is 4.63. The van der Waals surface area contributed by atoms with Crippen LogP contribution in [0.5, 0.6) is 17.5 Å². The molecule has 7 heteroatoms. The van der Waals surface area contributed by atoms with Gasteiger partial charge >= 0.3 is 12.0 Å². The average molecular weight is 289 g/mol. The maximum atomic E-state index is 11.6. The highest BCUT2D eigenvalue weighted by atomic mass is 16.5. The topological polar surface area (TPSA) is 108 Å². The second-order valence-electron chi connectivity index (χ2n) is 4.16. The summed E-state index contributed by atoms with van der Waals surface area (Å²) in [7, 11) is 0. The zero-order chi connectivity index (χ0) is 15.4. The van der Waals surface area contributed by atoms with Gasteiger partial charge in [0.25, 0.3) is 0 Å². The highest BCUT2D eigenvalue weighted by molar-refractivity contribution is 5.90. The molecule has 1 heterocycles. The largest absolute Gasteiger partial charge is 0.506 e. The maximum absolute atomic E-state index is 11.6. The van der Waals surface area contributed by atoms with E-state index in [0.717, 1.165) is 0 Å².